The first kappa shape index (κ1) is 23.2. The number of halogens is 1. The van der Waals surface area contributed by atoms with E-state index in [9.17, 15) is 14.0 Å². The number of benzene rings is 2. The van der Waals surface area contributed by atoms with E-state index < -0.39 is 30.4 Å². The van der Waals surface area contributed by atoms with Gasteiger partial charge in [0.1, 0.15) is 5.82 Å². The van der Waals surface area contributed by atoms with Gasteiger partial charge in [0.05, 0.1) is 18.0 Å². The highest BCUT2D eigenvalue weighted by atomic mass is 19.1. The van der Waals surface area contributed by atoms with Crippen molar-refractivity contribution < 1.29 is 23.6 Å². The van der Waals surface area contributed by atoms with Crippen molar-refractivity contribution in [3.05, 3.63) is 88.5 Å². The van der Waals surface area contributed by atoms with Crippen LogP contribution in [0.1, 0.15) is 34.5 Å². The highest BCUT2D eigenvalue weighted by Gasteiger charge is 2.30. The Bertz CT molecular complexity index is 1220. The number of amides is 1. The van der Waals surface area contributed by atoms with Gasteiger partial charge in [-0.2, -0.15) is 5.10 Å². The van der Waals surface area contributed by atoms with E-state index in [2.05, 4.69) is 15.6 Å². The Balaban J connectivity index is 1.24. The number of aromatic nitrogens is 2. The van der Waals surface area contributed by atoms with E-state index in [0.717, 1.165) is 22.5 Å². The fourth-order valence-electron chi connectivity index (χ4n) is 3.71. The van der Waals surface area contributed by atoms with Gasteiger partial charge in [-0.3, -0.25) is 9.48 Å². The van der Waals surface area contributed by atoms with Crippen molar-refractivity contribution in [3.63, 3.8) is 0 Å². The van der Waals surface area contributed by atoms with E-state index in [-0.39, 0.29) is 13.0 Å². The van der Waals surface area contributed by atoms with Crippen LogP contribution in [0.15, 0.2) is 59.8 Å². The molecule has 1 atom stereocenters. The number of hydrogen-bond donors (Lipinski definition) is 1. The fraction of sp³-hybridized carbons (Fsp3) is 0.280. The third-order valence-corrected chi connectivity index (χ3v) is 5.60. The number of esters is 1. The molecule has 176 valence electrons. The van der Waals surface area contributed by atoms with Gasteiger partial charge in [0.15, 0.2) is 6.61 Å². The first-order valence-corrected chi connectivity index (χ1v) is 10.9. The summed E-state index contributed by atoms with van der Waals surface area (Å²) in [6.07, 6.45) is -0.824. The molecule has 0 saturated heterocycles. The second kappa shape index (κ2) is 10.3. The van der Waals surface area contributed by atoms with Crippen LogP contribution < -0.4 is 5.32 Å². The molecule has 1 aromatic heterocycles. The summed E-state index contributed by atoms with van der Waals surface area (Å²) in [6, 6.07) is 15.9. The van der Waals surface area contributed by atoms with Crippen molar-refractivity contribution in [3.8, 4) is 0 Å². The highest BCUT2D eigenvalue weighted by Crippen LogP contribution is 2.19. The maximum atomic E-state index is 13.4. The molecule has 2 aromatic carbocycles. The summed E-state index contributed by atoms with van der Waals surface area (Å²) in [6.45, 7) is 4.32. The Labute approximate surface area is 196 Å². The second-order valence-electron chi connectivity index (χ2n) is 8.02. The molecule has 1 aliphatic rings. The van der Waals surface area contributed by atoms with E-state index in [1.54, 1.807) is 12.1 Å². The molecule has 3 aromatic rings. The van der Waals surface area contributed by atoms with Crippen LogP contribution in [-0.2, 0) is 32.3 Å². The van der Waals surface area contributed by atoms with Crippen LogP contribution in [0.4, 0.5) is 4.39 Å². The molecule has 2 heterocycles. The summed E-state index contributed by atoms with van der Waals surface area (Å²) < 4.78 is 20.4. The van der Waals surface area contributed by atoms with Gasteiger partial charge in [0.25, 0.3) is 5.91 Å². The predicted octanol–water partition coefficient (Wildman–Crippen LogP) is 3.04. The lowest BCUT2D eigenvalue weighted by molar-refractivity contribution is -0.158. The lowest BCUT2D eigenvalue weighted by atomic mass is 10.1. The van der Waals surface area contributed by atoms with Gasteiger partial charge in [-0.05, 0) is 31.5 Å². The number of aryl methyl sites for hydroxylation is 1. The van der Waals surface area contributed by atoms with Crippen LogP contribution in [0.5, 0.6) is 0 Å². The van der Waals surface area contributed by atoms with Gasteiger partial charge in [0.2, 0.25) is 6.10 Å². The number of carbonyl (C=O) groups is 2. The summed E-state index contributed by atoms with van der Waals surface area (Å²) in [7, 11) is 0. The highest BCUT2D eigenvalue weighted by molar-refractivity contribution is 6.03. The molecule has 0 bridgehead atoms. The molecule has 0 radical (unpaired) electrons. The van der Waals surface area contributed by atoms with Crippen molar-refractivity contribution in [2.75, 3.05) is 6.61 Å². The van der Waals surface area contributed by atoms with E-state index in [1.165, 1.54) is 12.1 Å². The number of oxime groups is 1. The Morgan fingerprint density at radius 3 is 2.74 bits per heavy atom. The zero-order valence-electron chi connectivity index (χ0n) is 19.0. The van der Waals surface area contributed by atoms with E-state index in [1.807, 2.05) is 48.9 Å². The Morgan fingerprint density at radius 2 is 1.97 bits per heavy atom. The third kappa shape index (κ3) is 5.48. The van der Waals surface area contributed by atoms with Crippen molar-refractivity contribution in [2.24, 2.45) is 5.16 Å². The van der Waals surface area contributed by atoms with E-state index >= 15 is 0 Å². The van der Waals surface area contributed by atoms with Crippen molar-refractivity contribution in [1.29, 1.82) is 0 Å². The number of carbonyl (C=O) groups excluding carboxylic acids is 2. The van der Waals surface area contributed by atoms with Crippen molar-refractivity contribution in [1.82, 2.24) is 15.1 Å². The third-order valence-electron chi connectivity index (χ3n) is 5.60. The molecular formula is C25H25FN4O4. The first-order chi connectivity index (χ1) is 16.4. The maximum absolute atomic E-state index is 13.4. The average Bonchev–Trinajstić information content (AvgIpc) is 3.42. The lowest BCUT2D eigenvalue weighted by Crippen LogP contribution is -2.32. The SMILES string of the molecule is Cc1nn(Cc2ccccc2)c(C)c1CNC(=O)COC(=O)C1CC(c2cccc(F)c2)=NO1. The summed E-state index contributed by atoms with van der Waals surface area (Å²) in [5, 5.41) is 11.2. The number of ether oxygens (including phenoxy) is 1. The van der Waals surface area contributed by atoms with Crippen molar-refractivity contribution in [2.45, 2.75) is 39.5 Å². The van der Waals surface area contributed by atoms with Gasteiger partial charge < -0.3 is 14.9 Å². The lowest BCUT2D eigenvalue weighted by Gasteiger charge is -2.10. The average molecular weight is 464 g/mol. The van der Waals surface area contributed by atoms with Crippen LogP contribution in [0.25, 0.3) is 0 Å². The summed E-state index contributed by atoms with van der Waals surface area (Å²) in [4.78, 5) is 29.6. The molecule has 0 saturated carbocycles. The standard InChI is InChI=1S/C25H25FN4O4/c1-16-21(17(2)30(28-16)14-18-7-4-3-5-8-18)13-27-24(31)15-33-25(32)23-12-22(29-34-23)19-9-6-10-20(26)11-19/h3-11,23H,12-15H2,1-2H3,(H,27,31). The van der Waals surface area contributed by atoms with Gasteiger partial charge in [-0.25, -0.2) is 9.18 Å². The first-order valence-electron chi connectivity index (χ1n) is 10.9. The van der Waals surface area contributed by atoms with Crippen molar-refractivity contribution >= 4 is 17.6 Å². The molecule has 4 rings (SSSR count). The van der Waals surface area contributed by atoms with Crippen LogP contribution in [0.3, 0.4) is 0 Å². The Hall–Kier alpha value is -4.01. The van der Waals surface area contributed by atoms with Crippen LogP contribution in [0, 0.1) is 19.7 Å². The fourth-order valence-corrected chi connectivity index (χ4v) is 3.71. The molecule has 0 spiro atoms. The molecule has 0 aliphatic carbocycles. The number of hydrogen-bond acceptors (Lipinski definition) is 6. The van der Waals surface area contributed by atoms with Gasteiger partial charge >= 0.3 is 5.97 Å². The van der Waals surface area contributed by atoms with Gasteiger partial charge in [-0.1, -0.05) is 47.6 Å². The number of nitrogens with zero attached hydrogens (tertiary/aromatic N) is 3. The minimum atomic E-state index is -0.966. The molecule has 1 unspecified atom stereocenters. The van der Waals surface area contributed by atoms with Gasteiger partial charge in [0, 0.05) is 29.8 Å². The smallest absolute Gasteiger partial charge is 0.351 e. The minimum absolute atomic E-state index is 0.142. The molecular weight excluding hydrogens is 439 g/mol. The molecule has 8 nitrogen and oxygen atoms in total. The number of rotatable bonds is 8. The topological polar surface area (TPSA) is 94.8 Å². The molecule has 1 N–H and O–H groups in total. The minimum Gasteiger partial charge on any atom is -0.453 e. The summed E-state index contributed by atoms with van der Waals surface area (Å²) in [5.41, 5.74) is 4.82. The largest absolute Gasteiger partial charge is 0.453 e. The molecule has 0 fully saturated rings. The zero-order chi connectivity index (χ0) is 24.1. The maximum Gasteiger partial charge on any atom is 0.351 e. The molecule has 34 heavy (non-hydrogen) atoms. The van der Waals surface area contributed by atoms with Crippen LogP contribution >= 0.6 is 0 Å². The quantitative estimate of drug-likeness (QED) is 0.517. The Morgan fingerprint density at radius 1 is 1.18 bits per heavy atom. The van der Waals surface area contributed by atoms with E-state index in [4.69, 9.17) is 9.57 Å². The number of nitrogens with one attached hydrogen (secondary N) is 1. The second-order valence-corrected chi connectivity index (χ2v) is 8.02. The van der Waals surface area contributed by atoms with Gasteiger partial charge in [-0.15, -0.1) is 0 Å². The monoisotopic (exact) mass is 464 g/mol. The molecule has 9 heteroatoms. The summed E-state index contributed by atoms with van der Waals surface area (Å²) >= 11 is 0. The summed E-state index contributed by atoms with van der Waals surface area (Å²) in [5.74, 6) is -1.54. The normalized spacial score (nSPS) is 14.9. The Kier molecular flexibility index (Phi) is 7.01. The predicted molar refractivity (Wildman–Crippen MR) is 122 cm³/mol. The van der Waals surface area contributed by atoms with Crippen LogP contribution in [-0.4, -0.2) is 40.1 Å². The van der Waals surface area contributed by atoms with E-state index in [0.29, 0.717) is 17.8 Å². The molecule has 1 aliphatic heterocycles. The molecule has 1 amide bonds. The van der Waals surface area contributed by atoms with Crippen LogP contribution in [0.2, 0.25) is 0 Å². The zero-order valence-corrected chi connectivity index (χ0v) is 19.0.